The van der Waals surface area contributed by atoms with Gasteiger partial charge in [-0.1, -0.05) is 24.3 Å². The van der Waals surface area contributed by atoms with E-state index in [0.29, 0.717) is 11.1 Å². The van der Waals surface area contributed by atoms with Gasteiger partial charge in [-0.05, 0) is 12.1 Å². The van der Waals surface area contributed by atoms with Crippen LogP contribution in [-0.4, -0.2) is 11.2 Å². The molecule has 0 amide bonds. The van der Waals surface area contributed by atoms with E-state index in [9.17, 15) is 9.90 Å². The Morgan fingerprint density at radius 2 is 1.79 bits per heavy atom. The van der Waals surface area contributed by atoms with Gasteiger partial charge in [0.15, 0.2) is 0 Å². The quantitative estimate of drug-likeness (QED) is 0.548. The van der Waals surface area contributed by atoms with Crippen molar-refractivity contribution in [2.24, 2.45) is 4.99 Å². The second kappa shape index (κ2) is 3.32. The van der Waals surface area contributed by atoms with E-state index in [2.05, 4.69) is 4.99 Å². The smallest absolute Gasteiger partial charge is 0.240 e. The maximum absolute atomic E-state index is 10.1. The van der Waals surface area contributed by atoms with Crippen LogP contribution in [0.2, 0.25) is 0 Å². The highest BCUT2D eigenvalue weighted by atomic mass is 16.3. The molecule has 0 aliphatic rings. The van der Waals surface area contributed by atoms with Crippen LogP contribution in [0.3, 0.4) is 0 Å². The summed E-state index contributed by atoms with van der Waals surface area (Å²) in [6, 6.07) is 10.3. The van der Waals surface area contributed by atoms with Gasteiger partial charge in [0.2, 0.25) is 6.08 Å². The maximum Gasteiger partial charge on any atom is 0.240 e. The van der Waals surface area contributed by atoms with Crippen LogP contribution in [-0.2, 0) is 4.79 Å². The Morgan fingerprint density at radius 3 is 2.50 bits per heavy atom. The molecule has 0 radical (unpaired) electrons. The van der Waals surface area contributed by atoms with Crippen LogP contribution in [0, 0.1) is 0 Å². The third-order valence-corrected chi connectivity index (χ3v) is 2.04. The molecule has 0 atom stereocenters. The lowest BCUT2D eigenvalue weighted by Crippen LogP contribution is -1.74. The lowest BCUT2D eigenvalue weighted by atomic mass is 10.1. The van der Waals surface area contributed by atoms with Gasteiger partial charge in [0.05, 0.1) is 5.69 Å². The van der Waals surface area contributed by atoms with Crippen LogP contribution in [0.25, 0.3) is 10.8 Å². The van der Waals surface area contributed by atoms with Crippen molar-refractivity contribution >= 4 is 22.5 Å². The Balaban J connectivity index is 2.88. The fourth-order valence-corrected chi connectivity index (χ4v) is 1.41. The van der Waals surface area contributed by atoms with E-state index in [1.165, 1.54) is 12.1 Å². The summed E-state index contributed by atoms with van der Waals surface area (Å²) in [6.45, 7) is 0. The molecule has 3 heteroatoms. The van der Waals surface area contributed by atoms with Crippen molar-refractivity contribution in [1.82, 2.24) is 0 Å². The Morgan fingerprint density at radius 1 is 1.07 bits per heavy atom. The molecule has 0 saturated heterocycles. The molecule has 2 aromatic carbocycles. The van der Waals surface area contributed by atoms with E-state index in [-0.39, 0.29) is 5.75 Å². The zero-order chi connectivity index (χ0) is 9.97. The van der Waals surface area contributed by atoms with Gasteiger partial charge < -0.3 is 5.11 Å². The van der Waals surface area contributed by atoms with Gasteiger partial charge in [0, 0.05) is 10.8 Å². The van der Waals surface area contributed by atoms with Crippen LogP contribution >= 0.6 is 0 Å². The van der Waals surface area contributed by atoms with Gasteiger partial charge in [-0.15, -0.1) is 0 Å². The molecule has 0 aromatic heterocycles. The summed E-state index contributed by atoms with van der Waals surface area (Å²) in [7, 11) is 0. The van der Waals surface area contributed by atoms with Gasteiger partial charge >= 0.3 is 0 Å². The van der Waals surface area contributed by atoms with Crippen LogP contribution < -0.4 is 0 Å². The first-order valence-corrected chi connectivity index (χ1v) is 4.11. The van der Waals surface area contributed by atoms with Crippen LogP contribution in [0.15, 0.2) is 41.4 Å². The van der Waals surface area contributed by atoms with E-state index < -0.39 is 0 Å². The van der Waals surface area contributed by atoms with Crippen molar-refractivity contribution in [3.8, 4) is 5.75 Å². The van der Waals surface area contributed by atoms with Crippen molar-refractivity contribution in [3.63, 3.8) is 0 Å². The number of phenols is 1. The number of aromatic hydroxyl groups is 1. The molecule has 2 rings (SSSR count). The minimum atomic E-state index is 0.186. The predicted octanol–water partition coefficient (Wildman–Crippen LogP) is 2.51. The first-order chi connectivity index (χ1) is 6.83. The second-order valence-corrected chi connectivity index (χ2v) is 2.85. The molecule has 0 spiro atoms. The summed E-state index contributed by atoms with van der Waals surface area (Å²) in [6.07, 6.45) is 1.49. The highest BCUT2D eigenvalue weighted by molar-refractivity contribution is 5.97. The number of hydrogen-bond donors (Lipinski definition) is 1. The third-order valence-electron chi connectivity index (χ3n) is 2.04. The molecule has 0 aliphatic heterocycles. The highest BCUT2D eigenvalue weighted by Gasteiger charge is 2.02. The number of fused-ring (bicyclic) bond motifs is 1. The number of nitrogens with zero attached hydrogens (tertiary/aromatic N) is 1. The fourth-order valence-electron chi connectivity index (χ4n) is 1.41. The fraction of sp³-hybridized carbons (Fsp3) is 0. The third kappa shape index (κ3) is 1.26. The summed E-state index contributed by atoms with van der Waals surface area (Å²) in [5.74, 6) is 0.186. The zero-order valence-corrected chi connectivity index (χ0v) is 7.27. The second-order valence-electron chi connectivity index (χ2n) is 2.85. The number of carbonyl (C=O) groups excluding carboxylic acids is 1. The molecule has 0 saturated carbocycles. The van der Waals surface area contributed by atoms with Crippen molar-refractivity contribution in [2.45, 2.75) is 0 Å². The van der Waals surface area contributed by atoms with Gasteiger partial charge in [0.25, 0.3) is 0 Å². The van der Waals surface area contributed by atoms with E-state index in [1.807, 2.05) is 12.1 Å². The highest BCUT2D eigenvalue weighted by Crippen LogP contribution is 2.31. The predicted molar refractivity (Wildman–Crippen MR) is 53.4 cm³/mol. The summed E-state index contributed by atoms with van der Waals surface area (Å²) < 4.78 is 0. The summed E-state index contributed by atoms with van der Waals surface area (Å²) >= 11 is 0. The van der Waals surface area contributed by atoms with E-state index in [1.54, 1.807) is 18.2 Å². The molecule has 0 fully saturated rings. The normalized spacial score (nSPS) is 9.71. The molecular formula is C11H7NO2. The molecule has 0 bridgehead atoms. The minimum Gasteiger partial charge on any atom is -0.507 e. The molecule has 0 heterocycles. The number of rotatable bonds is 1. The Labute approximate surface area is 80.3 Å². The Hall–Kier alpha value is -2.12. The van der Waals surface area contributed by atoms with Gasteiger partial charge in [-0.25, -0.2) is 4.79 Å². The molecular weight excluding hydrogens is 178 g/mol. The first kappa shape index (κ1) is 8.48. The van der Waals surface area contributed by atoms with E-state index >= 15 is 0 Å². The molecule has 68 valence electrons. The Kier molecular flexibility index (Phi) is 2.01. The van der Waals surface area contributed by atoms with Crippen molar-refractivity contribution in [1.29, 1.82) is 0 Å². The number of aliphatic imine (C=N–C) groups is 1. The monoisotopic (exact) mass is 185 g/mol. The molecule has 0 unspecified atom stereocenters. The van der Waals surface area contributed by atoms with Crippen LogP contribution in [0.4, 0.5) is 5.69 Å². The minimum absolute atomic E-state index is 0.186. The molecule has 1 N–H and O–H groups in total. The van der Waals surface area contributed by atoms with Crippen LogP contribution in [0.1, 0.15) is 0 Å². The topological polar surface area (TPSA) is 49.7 Å². The maximum atomic E-state index is 10.1. The summed E-state index contributed by atoms with van der Waals surface area (Å²) in [5.41, 5.74) is 0.522. The first-order valence-electron chi connectivity index (χ1n) is 4.11. The van der Waals surface area contributed by atoms with Crippen molar-refractivity contribution in [2.75, 3.05) is 0 Å². The number of hydrogen-bond acceptors (Lipinski definition) is 3. The lowest BCUT2D eigenvalue weighted by molar-refractivity contribution is 0.481. The molecule has 0 aliphatic carbocycles. The molecule has 14 heavy (non-hydrogen) atoms. The van der Waals surface area contributed by atoms with Crippen molar-refractivity contribution in [3.05, 3.63) is 36.4 Å². The summed E-state index contributed by atoms with van der Waals surface area (Å²) in [4.78, 5) is 13.7. The largest absolute Gasteiger partial charge is 0.507 e. The van der Waals surface area contributed by atoms with Crippen molar-refractivity contribution < 1.29 is 9.90 Å². The SMILES string of the molecule is O=C=Nc1ccc(O)c2ccccc12. The molecule has 3 nitrogen and oxygen atoms in total. The standard InChI is InChI=1S/C11H7NO2/c13-7-12-10-5-6-11(14)9-4-2-1-3-8(9)10/h1-6,14H. The Bertz CT molecular complexity index is 528. The lowest BCUT2D eigenvalue weighted by Gasteiger charge is -2.01. The zero-order valence-electron chi connectivity index (χ0n) is 7.27. The molecule has 2 aromatic rings. The number of isocyanates is 1. The summed E-state index contributed by atoms with van der Waals surface area (Å²) in [5, 5.41) is 11.0. The average molecular weight is 185 g/mol. The number of benzene rings is 2. The van der Waals surface area contributed by atoms with Gasteiger partial charge in [-0.2, -0.15) is 4.99 Å². The number of phenolic OH excluding ortho intramolecular Hbond substituents is 1. The van der Waals surface area contributed by atoms with Gasteiger partial charge in [0.1, 0.15) is 5.75 Å². The van der Waals surface area contributed by atoms with Gasteiger partial charge in [-0.3, -0.25) is 0 Å². The van der Waals surface area contributed by atoms with E-state index in [0.717, 1.165) is 5.39 Å². The van der Waals surface area contributed by atoms with E-state index in [4.69, 9.17) is 0 Å². The van der Waals surface area contributed by atoms with Crippen LogP contribution in [0.5, 0.6) is 5.75 Å². The average Bonchev–Trinajstić information content (AvgIpc) is 2.23.